The summed E-state index contributed by atoms with van der Waals surface area (Å²) in [6.45, 7) is 18.4. The predicted molar refractivity (Wildman–Crippen MR) is 171 cm³/mol. The van der Waals surface area contributed by atoms with Gasteiger partial charge in [0.1, 0.15) is 0 Å². The van der Waals surface area contributed by atoms with Crippen molar-refractivity contribution in [3.8, 4) is 44.5 Å². The third-order valence-electron chi connectivity index (χ3n) is 9.65. The Morgan fingerprint density at radius 3 is 1.07 bits per heavy atom. The summed E-state index contributed by atoms with van der Waals surface area (Å²) in [6.07, 6.45) is 0. The molecule has 0 N–H and O–H groups in total. The highest BCUT2D eigenvalue weighted by molar-refractivity contribution is 5.95. The van der Waals surface area contributed by atoms with Crippen molar-refractivity contribution in [3.05, 3.63) is 129 Å². The summed E-state index contributed by atoms with van der Waals surface area (Å²) < 4.78 is 0. The van der Waals surface area contributed by atoms with E-state index in [1.165, 1.54) is 89.0 Å². The summed E-state index contributed by atoms with van der Waals surface area (Å²) in [5, 5.41) is 0. The monoisotopic (exact) mass is 518 g/mol. The average Bonchev–Trinajstić information content (AvgIpc) is 3.27. The molecule has 0 aromatic heterocycles. The van der Waals surface area contributed by atoms with Gasteiger partial charge in [0.15, 0.2) is 0 Å². The van der Waals surface area contributed by atoms with Crippen LogP contribution < -0.4 is 0 Å². The minimum absolute atomic E-state index is 0.00192. The SMILES string of the molecule is Cc1ccc2c(c1)C(C)(C)c1cc(C)cc(-c3ccc(-c4cc(C)cc5c4-c4ccc(C)cc4C5(C)C)cc3)c1-2. The minimum atomic E-state index is -0.00192. The number of fused-ring (bicyclic) bond motifs is 6. The van der Waals surface area contributed by atoms with E-state index in [4.69, 9.17) is 0 Å². The molecule has 0 unspecified atom stereocenters. The summed E-state index contributed by atoms with van der Waals surface area (Å²) >= 11 is 0. The van der Waals surface area contributed by atoms with E-state index in [-0.39, 0.29) is 10.8 Å². The first kappa shape index (κ1) is 25.1. The molecule has 5 aromatic rings. The number of rotatable bonds is 2. The molecule has 5 aromatic carbocycles. The molecule has 0 nitrogen and oxygen atoms in total. The Labute approximate surface area is 239 Å². The fraction of sp³-hybridized carbons (Fsp3) is 0.250. The lowest BCUT2D eigenvalue weighted by molar-refractivity contribution is 0.659. The van der Waals surface area contributed by atoms with Crippen LogP contribution in [0.3, 0.4) is 0 Å². The summed E-state index contributed by atoms with van der Waals surface area (Å²) in [5.74, 6) is 0. The Kier molecular flexibility index (Phi) is 5.21. The number of hydrogen-bond donors (Lipinski definition) is 0. The van der Waals surface area contributed by atoms with E-state index in [0.29, 0.717) is 0 Å². The van der Waals surface area contributed by atoms with Crippen molar-refractivity contribution in [2.45, 2.75) is 66.2 Å². The van der Waals surface area contributed by atoms with E-state index in [0.717, 1.165) is 0 Å². The summed E-state index contributed by atoms with van der Waals surface area (Å²) in [6, 6.07) is 32.9. The zero-order valence-electron chi connectivity index (χ0n) is 25.1. The first-order chi connectivity index (χ1) is 19.0. The second-order valence-electron chi connectivity index (χ2n) is 13.4. The Balaban J connectivity index is 1.39. The van der Waals surface area contributed by atoms with Crippen molar-refractivity contribution in [2.75, 3.05) is 0 Å². The molecule has 0 saturated carbocycles. The van der Waals surface area contributed by atoms with Gasteiger partial charge in [0.05, 0.1) is 0 Å². The maximum atomic E-state index is 2.40. The Bertz CT molecular complexity index is 1720. The highest BCUT2D eigenvalue weighted by atomic mass is 14.4. The van der Waals surface area contributed by atoms with Crippen LogP contribution in [0.1, 0.15) is 72.2 Å². The maximum Gasteiger partial charge on any atom is 0.0159 e. The first-order valence-electron chi connectivity index (χ1n) is 14.6. The number of aryl methyl sites for hydroxylation is 4. The molecule has 0 atom stereocenters. The smallest absolute Gasteiger partial charge is 0.0159 e. The molecule has 0 bridgehead atoms. The van der Waals surface area contributed by atoms with Crippen LogP contribution in [0.4, 0.5) is 0 Å². The number of benzene rings is 5. The molecule has 2 aliphatic rings. The highest BCUT2D eigenvalue weighted by Crippen LogP contribution is 2.54. The second-order valence-corrected chi connectivity index (χ2v) is 13.4. The van der Waals surface area contributed by atoms with Gasteiger partial charge in [-0.25, -0.2) is 0 Å². The minimum Gasteiger partial charge on any atom is -0.0587 e. The fourth-order valence-electron chi connectivity index (χ4n) is 7.50. The molecule has 7 rings (SSSR count). The van der Waals surface area contributed by atoms with Gasteiger partial charge in [-0.1, -0.05) is 135 Å². The van der Waals surface area contributed by atoms with E-state index >= 15 is 0 Å². The van der Waals surface area contributed by atoms with Crippen molar-refractivity contribution < 1.29 is 0 Å². The van der Waals surface area contributed by atoms with Crippen molar-refractivity contribution in [1.82, 2.24) is 0 Å². The third kappa shape index (κ3) is 3.45. The van der Waals surface area contributed by atoms with Gasteiger partial charge in [0.25, 0.3) is 0 Å². The van der Waals surface area contributed by atoms with Gasteiger partial charge < -0.3 is 0 Å². The molecule has 0 heterocycles. The van der Waals surface area contributed by atoms with Crippen LogP contribution in [0, 0.1) is 27.7 Å². The van der Waals surface area contributed by atoms with Gasteiger partial charge >= 0.3 is 0 Å². The lowest BCUT2D eigenvalue weighted by atomic mass is 9.80. The second kappa shape index (κ2) is 8.31. The molecule has 0 heteroatoms. The van der Waals surface area contributed by atoms with Gasteiger partial charge in [-0.2, -0.15) is 0 Å². The highest BCUT2D eigenvalue weighted by Gasteiger charge is 2.38. The summed E-state index contributed by atoms with van der Waals surface area (Å²) in [4.78, 5) is 0. The van der Waals surface area contributed by atoms with E-state index < -0.39 is 0 Å². The van der Waals surface area contributed by atoms with Crippen LogP contribution in [0.2, 0.25) is 0 Å². The molecule has 0 spiro atoms. The standard InChI is InChI=1S/C40H38/c1-23-9-15-29-33(19-23)39(5,6)35-21-25(3)17-31(37(29)35)27-11-13-28(14-12-27)32-18-26(4)22-36-38(32)30-16-10-24(2)20-34(30)40(36,7)8/h9-22H,1-8H3. The molecule has 40 heavy (non-hydrogen) atoms. The van der Waals surface area contributed by atoms with Crippen LogP contribution in [0.25, 0.3) is 44.5 Å². The van der Waals surface area contributed by atoms with E-state index in [2.05, 4.69) is 140 Å². The third-order valence-corrected chi connectivity index (χ3v) is 9.65. The lowest BCUT2D eigenvalue weighted by Gasteiger charge is -2.23. The van der Waals surface area contributed by atoms with Gasteiger partial charge in [0, 0.05) is 10.8 Å². The van der Waals surface area contributed by atoms with E-state index in [9.17, 15) is 0 Å². The molecule has 0 saturated heterocycles. The fourth-order valence-corrected chi connectivity index (χ4v) is 7.50. The van der Waals surface area contributed by atoms with Gasteiger partial charge in [-0.15, -0.1) is 0 Å². The zero-order chi connectivity index (χ0) is 28.1. The van der Waals surface area contributed by atoms with Crippen LogP contribution >= 0.6 is 0 Å². The normalized spacial score (nSPS) is 15.4. The predicted octanol–water partition coefficient (Wildman–Crippen LogP) is 10.9. The summed E-state index contributed by atoms with van der Waals surface area (Å²) in [7, 11) is 0. The largest absolute Gasteiger partial charge is 0.0587 e. The van der Waals surface area contributed by atoms with Crippen molar-refractivity contribution in [2.24, 2.45) is 0 Å². The van der Waals surface area contributed by atoms with Gasteiger partial charge in [-0.05, 0) is 94.5 Å². The molecule has 0 fully saturated rings. The van der Waals surface area contributed by atoms with Crippen molar-refractivity contribution in [3.63, 3.8) is 0 Å². The molecule has 198 valence electrons. The molecule has 0 radical (unpaired) electrons. The van der Waals surface area contributed by atoms with Crippen LogP contribution in [0.15, 0.2) is 84.9 Å². The lowest BCUT2D eigenvalue weighted by Crippen LogP contribution is -2.15. The van der Waals surface area contributed by atoms with E-state index in [1.807, 2.05) is 0 Å². The summed E-state index contributed by atoms with van der Waals surface area (Å²) in [5.41, 5.74) is 21.9. The van der Waals surface area contributed by atoms with Crippen molar-refractivity contribution >= 4 is 0 Å². The quantitative estimate of drug-likeness (QED) is 0.218. The van der Waals surface area contributed by atoms with Crippen LogP contribution in [-0.4, -0.2) is 0 Å². The zero-order valence-corrected chi connectivity index (χ0v) is 25.1. The molecule has 0 amide bonds. The molecule has 2 aliphatic carbocycles. The first-order valence-corrected chi connectivity index (χ1v) is 14.6. The van der Waals surface area contributed by atoms with Crippen LogP contribution in [0.5, 0.6) is 0 Å². The molecular weight excluding hydrogens is 480 g/mol. The Hall–Kier alpha value is -3.90. The van der Waals surface area contributed by atoms with Crippen molar-refractivity contribution in [1.29, 1.82) is 0 Å². The van der Waals surface area contributed by atoms with Crippen LogP contribution in [-0.2, 0) is 10.8 Å². The maximum absolute atomic E-state index is 2.40. The molecule has 0 aliphatic heterocycles. The Morgan fingerprint density at radius 1 is 0.350 bits per heavy atom. The average molecular weight is 519 g/mol. The molecular formula is C40H38. The van der Waals surface area contributed by atoms with Gasteiger partial charge in [-0.3, -0.25) is 0 Å². The topological polar surface area (TPSA) is 0 Å². The number of hydrogen-bond acceptors (Lipinski definition) is 0. The van der Waals surface area contributed by atoms with Gasteiger partial charge in [0.2, 0.25) is 0 Å². The Morgan fingerprint density at radius 2 is 0.700 bits per heavy atom. The van der Waals surface area contributed by atoms with E-state index in [1.54, 1.807) is 0 Å².